The van der Waals surface area contributed by atoms with Gasteiger partial charge in [-0.2, -0.15) is 5.26 Å². The molecule has 2 aromatic carbocycles. The summed E-state index contributed by atoms with van der Waals surface area (Å²) in [7, 11) is 2.26. The van der Waals surface area contributed by atoms with E-state index in [2.05, 4.69) is 30.4 Å². The molecule has 0 unspecified atom stereocenters. The van der Waals surface area contributed by atoms with Crippen molar-refractivity contribution in [2.45, 2.75) is 13.8 Å². The summed E-state index contributed by atoms with van der Waals surface area (Å²) in [5, 5.41) is 7.24. The Morgan fingerprint density at radius 3 is 1.91 bits per heavy atom. The third-order valence-corrected chi connectivity index (χ3v) is 4.02. The number of rotatable bonds is 2. The summed E-state index contributed by atoms with van der Waals surface area (Å²) in [5.41, 5.74) is 14.7. The molecule has 0 saturated carbocycles. The molecule has 184 valence electrons. The molecular weight excluding hydrogens is 530 g/mol. The maximum absolute atomic E-state index is 13.3. The summed E-state index contributed by atoms with van der Waals surface area (Å²) in [6.45, 7) is 0. The van der Waals surface area contributed by atoms with Crippen LogP contribution in [0.1, 0.15) is 33.7 Å². The van der Waals surface area contributed by atoms with E-state index in [1.807, 2.05) is 0 Å². The third kappa shape index (κ3) is 6.58. The molecule has 0 aromatic heterocycles. The summed E-state index contributed by atoms with van der Waals surface area (Å²) in [6, 6.07) is 1.45. The average molecular weight is 550 g/mol. The smallest absolute Gasteiger partial charge is 0.340 e. The highest BCUT2D eigenvalue weighted by molar-refractivity contribution is 9.12. The van der Waals surface area contributed by atoms with Gasteiger partial charge in [-0.1, -0.05) is 7.43 Å². The number of nitrogens with two attached hydrogens (primary N) is 3. The molecule has 0 fully saturated rings. The molecule has 0 atom stereocenters. The van der Waals surface area contributed by atoms with Crippen LogP contribution in [0.25, 0.3) is 0 Å². The van der Waals surface area contributed by atoms with E-state index in [0.29, 0.717) is 6.07 Å². The molecule has 0 amide bonds. The van der Waals surface area contributed by atoms with Gasteiger partial charge in [-0.3, -0.25) is 0 Å². The second-order valence-corrected chi connectivity index (χ2v) is 6.30. The van der Waals surface area contributed by atoms with Gasteiger partial charge in [-0.05, 0) is 12.1 Å². The van der Waals surface area contributed by atoms with Crippen molar-refractivity contribution in [1.82, 2.24) is 0 Å². The molecule has 0 spiro atoms. The van der Waals surface area contributed by atoms with Crippen LogP contribution in [0.5, 0.6) is 0 Å². The fourth-order valence-corrected chi connectivity index (χ4v) is 2.54. The van der Waals surface area contributed by atoms with Crippen LogP contribution in [-0.4, -0.2) is 32.0 Å². The Balaban J connectivity index is 0.000000564. The van der Waals surface area contributed by atoms with E-state index in [0.717, 1.165) is 20.3 Å². The number of carbonyl (C=O) groups excluding carboxylic acids is 2. The average Bonchev–Trinajstić information content (AvgIpc) is 3.19. The van der Waals surface area contributed by atoms with Crippen molar-refractivity contribution < 1.29 is 36.6 Å². The van der Waals surface area contributed by atoms with E-state index in [1.165, 1.54) is 0 Å². The van der Waals surface area contributed by atoms with Crippen LogP contribution in [0.2, 0.25) is 0 Å². The minimum Gasteiger partial charge on any atom is -0.465 e. The number of benzene rings is 2. The zero-order chi connectivity index (χ0) is 25.5. The lowest BCUT2D eigenvalue weighted by atomic mass is 10.0. The van der Waals surface area contributed by atoms with Gasteiger partial charge in [0.25, 0.3) is 0 Å². The number of ether oxygens (including phenoxy) is 2. The highest BCUT2D eigenvalue weighted by atomic mass is 79.9. The van der Waals surface area contributed by atoms with E-state index in [4.69, 9.17) is 22.5 Å². The predicted molar refractivity (Wildman–Crippen MR) is 120 cm³/mol. The number of methoxy groups -OCH3 is 2. The molecule has 0 bridgehead atoms. The van der Waals surface area contributed by atoms with Gasteiger partial charge in [-0.15, -0.1) is 0 Å². The largest absolute Gasteiger partial charge is 0.465 e. The van der Waals surface area contributed by atoms with Crippen LogP contribution in [0.3, 0.4) is 0 Å². The molecule has 0 saturated heterocycles. The van der Waals surface area contributed by atoms with Crippen LogP contribution in [0, 0.1) is 33.5 Å². The third-order valence-electron chi connectivity index (χ3n) is 4.02. The fraction of sp³-hybridized carbons (Fsp3) is 0.200. The summed E-state index contributed by atoms with van der Waals surface area (Å²) < 4.78 is 60.9. The van der Waals surface area contributed by atoms with Gasteiger partial charge in [0.05, 0.1) is 36.7 Å². The van der Waals surface area contributed by atoms with Crippen molar-refractivity contribution >= 4 is 50.8 Å². The van der Waals surface area contributed by atoms with Crippen LogP contribution in [0.4, 0.5) is 34.6 Å². The van der Waals surface area contributed by atoms with Gasteiger partial charge in [0, 0.05) is 27.9 Å². The summed E-state index contributed by atoms with van der Waals surface area (Å²) in [5.74, 6) is -6.20. The molecule has 14 heteroatoms. The molecule has 2 aromatic rings. The van der Waals surface area contributed by atoms with Crippen molar-refractivity contribution in [3.63, 3.8) is 0 Å². The number of nitrogens with zero attached hydrogens (tertiary/aromatic N) is 2. The van der Waals surface area contributed by atoms with Gasteiger partial charge < -0.3 is 26.7 Å². The number of carbonyl (C=O) groups is 2. The molecule has 1 aliphatic heterocycles. The first kappa shape index (κ1) is 30.1. The number of esters is 2. The summed E-state index contributed by atoms with van der Waals surface area (Å²) in [6.07, 6.45) is 0.122. The molecular formula is C20H20BrF4N5O4. The number of aliphatic imine (C=N–C) groups is 1. The highest BCUT2D eigenvalue weighted by Crippen LogP contribution is 2.33. The number of hydrogen-bond acceptors (Lipinski definition) is 9. The van der Waals surface area contributed by atoms with E-state index in [1.54, 1.807) is 4.98 Å². The number of nitriles is 1. The first-order valence-electron chi connectivity index (χ1n) is 8.48. The second kappa shape index (κ2) is 13.0. The van der Waals surface area contributed by atoms with Crippen LogP contribution in [-0.2, 0) is 15.9 Å². The first-order valence-corrected chi connectivity index (χ1v) is 9.27. The highest BCUT2D eigenvalue weighted by Gasteiger charge is 2.27. The lowest BCUT2D eigenvalue weighted by Gasteiger charge is -2.07. The van der Waals surface area contributed by atoms with Crippen LogP contribution >= 0.6 is 15.9 Å². The normalized spacial score (nSPS) is 10.6. The minimum atomic E-state index is -1.27. The Kier molecular flexibility index (Phi) is 11.5. The van der Waals surface area contributed by atoms with E-state index < -0.39 is 40.9 Å². The molecule has 0 aliphatic carbocycles. The van der Waals surface area contributed by atoms with Crippen molar-refractivity contribution in [1.29, 1.82) is 5.26 Å². The lowest BCUT2D eigenvalue weighted by molar-refractivity contribution is 0.0591. The number of hydrogen-bond donors (Lipinski definition) is 3. The second-order valence-electron chi connectivity index (χ2n) is 5.94. The SMILES string of the molecule is C.COC(=O)c1cc(F)c(F)c(N)c1N.COC(=O)c1cc(F)c(F)c2c1CC(N)=N2.N#CBr. The Morgan fingerprint density at radius 1 is 0.971 bits per heavy atom. The van der Waals surface area contributed by atoms with Crippen molar-refractivity contribution in [3.8, 4) is 4.98 Å². The van der Waals surface area contributed by atoms with Gasteiger partial charge in [0.2, 0.25) is 0 Å². The standard InChI is InChI=1S/C10H8F2N2O2.C8H8F2N2O2.CBrN.CH4/c1-16-10(15)5-2-6(11)8(12)9-4(5)3-7(13)14-9;1-14-8(13)3-2-4(9)5(10)7(12)6(3)11;2-1-3;/h2H,3H2,1H3,(H2,13,14);2H,11-12H2,1H3;;1H4. The quantitative estimate of drug-likeness (QED) is 0.289. The maximum atomic E-state index is 13.3. The van der Waals surface area contributed by atoms with Gasteiger partial charge in [0.1, 0.15) is 16.5 Å². The number of nitrogen functional groups attached to an aromatic ring is 2. The molecule has 6 N–H and O–H groups in total. The van der Waals surface area contributed by atoms with E-state index in [-0.39, 0.29) is 47.7 Å². The predicted octanol–water partition coefficient (Wildman–Crippen LogP) is 3.71. The molecule has 1 heterocycles. The Bertz CT molecular complexity index is 1170. The minimum absolute atomic E-state index is 0. The van der Waals surface area contributed by atoms with Crippen LogP contribution in [0.15, 0.2) is 17.1 Å². The fourth-order valence-electron chi connectivity index (χ4n) is 2.54. The number of fused-ring (bicyclic) bond motifs is 1. The number of anilines is 2. The molecule has 9 nitrogen and oxygen atoms in total. The first-order chi connectivity index (χ1) is 15.4. The summed E-state index contributed by atoms with van der Waals surface area (Å²) >= 11 is 2.45. The van der Waals surface area contributed by atoms with Crippen molar-refractivity contribution in [2.75, 3.05) is 25.7 Å². The lowest BCUT2D eigenvalue weighted by Crippen LogP contribution is -2.13. The number of amidine groups is 1. The van der Waals surface area contributed by atoms with E-state index >= 15 is 0 Å². The molecule has 1 aliphatic rings. The number of halogens is 5. The maximum Gasteiger partial charge on any atom is 0.340 e. The molecule has 0 radical (unpaired) electrons. The van der Waals surface area contributed by atoms with Gasteiger partial charge in [-0.25, -0.2) is 32.1 Å². The van der Waals surface area contributed by atoms with Crippen molar-refractivity contribution in [2.24, 2.45) is 10.7 Å². The van der Waals surface area contributed by atoms with E-state index in [9.17, 15) is 27.2 Å². The van der Waals surface area contributed by atoms with Crippen molar-refractivity contribution in [3.05, 3.63) is 52.1 Å². The Labute approximate surface area is 200 Å². The topological polar surface area (TPSA) is 167 Å². The zero-order valence-corrected chi connectivity index (χ0v) is 18.6. The zero-order valence-electron chi connectivity index (χ0n) is 17.0. The summed E-state index contributed by atoms with van der Waals surface area (Å²) in [4.78, 5) is 27.6. The van der Waals surface area contributed by atoms with Gasteiger partial charge in [0.15, 0.2) is 23.3 Å². The monoisotopic (exact) mass is 549 g/mol. The Morgan fingerprint density at radius 2 is 1.41 bits per heavy atom. The Hall–Kier alpha value is -3.86. The molecule has 34 heavy (non-hydrogen) atoms. The van der Waals surface area contributed by atoms with Crippen LogP contribution < -0.4 is 17.2 Å². The molecule has 3 rings (SSSR count). The van der Waals surface area contributed by atoms with Gasteiger partial charge >= 0.3 is 11.9 Å².